The molecule has 1 heterocycles. The van der Waals surface area contributed by atoms with Gasteiger partial charge in [-0.3, -0.25) is 0 Å². The van der Waals surface area contributed by atoms with Crippen LogP contribution in [0.1, 0.15) is 11.8 Å². The van der Waals surface area contributed by atoms with Crippen molar-refractivity contribution in [1.82, 2.24) is 0 Å². The predicted molar refractivity (Wildman–Crippen MR) is 47.2 cm³/mol. The highest BCUT2D eigenvalue weighted by Crippen LogP contribution is 2.19. The number of rotatable bonds is 2. The smallest absolute Gasteiger partial charge is 0.169 e. The Morgan fingerprint density at radius 2 is 2.40 bits per heavy atom. The van der Waals surface area contributed by atoms with Gasteiger partial charge in [0, 0.05) is 5.75 Å². The van der Waals surface area contributed by atoms with Crippen LogP contribution in [0.5, 0.6) is 0 Å². The summed E-state index contributed by atoms with van der Waals surface area (Å²) in [5.41, 5.74) is 5.62. The van der Waals surface area contributed by atoms with Gasteiger partial charge in [-0.05, 0) is 28.1 Å². The molecule has 2 nitrogen and oxygen atoms in total. The predicted octanol–water partition coefficient (Wildman–Crippen LogP) is 1.97. The molecule has 1 unspecified atom stereocenters. The van der Waals surface area contributed by atoms with Crippen LogP contribution in [0.25, 0.3) is 0 Å². The lowest BCUT2D eigenvalue weighted by Gasteiger charge is -2.01. The Kier molecular flexibility index (Phi) is 2.82. The highest BCUT2D eigenvalue weighted by molar-refractivity contribution is 9.10. The van der Waals surface area contributed by atoms with E-state index in [1.54, 1.807) is 0 Å². The van der Waals surface area contributed by atoms with Crippen LogP contribution in [0.15, 0.2) is 21.2 Å². The summed E-state index contributed by atoms with van der Waals surface area (Å²) in [4.78, 5) is 0. The molecule has 0 aliphatic carbocycles. The molecule has 10 heavy (non-hydrogen) atoms. The van der Waals surface area contributed by atoms with Gasteiger partial charge < -0.3 is 10.2 Å². The molecule has 0 aromatic carbocycles. The van der Waals surface area contributed by atoms with E-state index in [-0.39, 0.29) is 6.04 Å². The minimum Gasteiger partial charge on any atom is -0.453 e. The van der Waals surface area contributed by atoms with Crippen molar-refractivity contribution in [2.75, 3.05) is 5.75 Å². The molecule has 0 spiro atoms. The topological polar surface area (TPSA) is 39.2 Å². The molecule has 0 fully saturated rings. The van der Waals surface area contributed by atoms with Gasteiger partial charge in [-0.1, -0.05) is 0 Å². The van der Waals surface area contributed by atoms with Crippen molar-refractivity contribution in [3.63, 3.8) is 0 Å². The first kappa shape index (κ1) is 8.17. The van der Waals surface area contributed by atoms with Gasteiger partial charge in [0.1, 0.15) is 5.76 Å². The van der Waals surface area contributed by atoms with Gasteiger partial charge >= 0.3 is 0 Å². The molecule has 0 saturated heterocycles. The van der Waals surface area contributed by atoms with E-state index in [9.17, 15) is 0 Å². The van der Waals surface area contributed by atoms with Gasteiger partial charge in [-0.15, -0.1) is 0 Å². The van der Waals surface area contributed by atoms with Crippen LogP contribution in [-0.4, -0.2) is 5.75 Å². The average molecular weight is 222 g/mol. The average Bonchev–Trinajstić information content (AvgIpc) is 2.34. The Bertz CT molecular complexity index is 213. The summed E-state index contributed by atoms with van der Waals surface area (Å²) in [7, 11) is 0. The molecule has 2 N–H and O–H groups in total. The summed E-state index contributed by atoms with van der Waals surface area (Å²) in [5, 5.41) is 0. The lowest BCUT2D eigenvalue weighted by Crippen LogP contribution is -2.10. The normalized spacial score (nSPS) is 13.5. The zero-order chi connectivity index (χ0) is 7.56. The Labute approximate surface area is 73.3 Å². The van der Waals surface area contributed by atoms with Crippen LogP contribution < -0.4 is 5.73 Å². The number of hydrogen-bond acceptors (Lipinski definition) is 3. The Morgan fingerprint density at radius 1 is 1.70 bits per heavy atom. The fraction of sp³-hybridized carbons (Fsp3) is 0.333. The minimum absolute atomic E-state index is 0.102. The zero-order valence-electron chi connectivity index (χ0n) is 5.25. The van der Waals surface area contributed by atoms with Gasteiger partial charge in [-0.2, -0.15) is 12.6 Å². The fourth-order valence-electron chi connectivity index (χ4n) is 0.618. The summed E-state index contributed by atoms with van der Waals surface area (Å²) in [6.45, 7) is 0. The van der Waals surface area contributed by atoms with Gasteiger partial charge in [0.2, 0.25) is 0 Å². The monoisotopic (exact) mass is 221 g/mol. The third-order valence-corrected chi connectivity index (χ3v) is 1.98. The number of furan rings is 1. The van der Waals surface area contributed by atoms with Crippen LogP contribution in [-0.2, 0) is 0 Å². The molecule has 0 aliphatic heterocycles. The molecule has 1 rings (SSSR count). The second kappa shape index (κ2) is 3.46. The summed E-state index contributed by atoms with van der Waals surface area (Å²) < 4.78 is 5.89. The van der Waals surface area contributed by atoms with Crippen molar-refractivity contribution in [1.29, 1.82) is 0 Å². The number of nitrogens with two attached hydrogens (primary N) is 1. The number of halogens is 1. The summed E-state index contributed by atoms with van der Waals surface area (Å²) >= 11 is 7.22. The lowest BCUT2D eigenvalue weighted by molar-refractivity contribution is 0.464. The third-order valence-electron chi connectivity index (χ3n) is 1.16. The molecule has 0 aliphatic rings. The van der Waals surface area contributed by atoms with Crippen molar-refractivity contribution >= 4 is 28.6 Å². The Hall–Kier alpha value is 0.0700. The van der Waals surface area contributed by atoms with E-state index in [0.29, 0.717) is 10.4 Å². The molecule has 0 bridgehead atoms. The van der Waals surface area contributed by atoms with Crippen molar-refractivity contribution in [3.8, 4) is 0 Å². The highest BCUT2D eigenvalue weighted by atomic mass is 79.9. The second-order valence-corrected chi connectivity index (χ2v) is 3.08. The fourth-order valence-corrected chi connectivity index (χ4v) is 1.12. The third kappa shape index (κ3) is 1.78. The van der Waals surface area contributed by atoms with Gasteiger partial charge in [0.25, 0.3) is 0 Å². The van der Waals surface area contributed by atoms with Crippen LogP contribution in [0.3, 0.4) is 0 Å². The maximum atomic E-state index is 5.62. The van der Waals surface area contributed by atoms with Crippen molar-refractivity contribution in [3.05, 3.63) is 22.6 Å². The van der Waals surface area contributed by atoms with Gasteiger partial charge in [-0.25, -0.2) is 0 Å². The summed E-state index contributed by atoms with van der Waals surface area (Å²) in [6.07, 6.45) is 0. The minimum atomic E-state index is -0.102. The molecule has 56 valence electrons. The second-order valence-electron chi connectivity index (χ2n) is 1.93. The molecule has 1 aromatic rings. The van der Waals surface area contributed by atoms with Crippen molar-refractivity contribution in [2.45, 2.75) is 6.04 Å². The summed E-state index contributed by atoms with van der Waals surface area (Å²) in [6, 6.07) is 3.55. The molecular formula is C6H8BrNOS. The standard InChI is InChI=1S/C6H8BrNOS/c7-6-2-1-5(9-6)4(8)3-10/h1-2,4,10H,3,8H2. The van der Waals surface area contributed by atoms with Crippen molar-refractivity contribution in [2.24, 2.45) is 5.73 Å². The van der Waals surface area contributed by atoms with E-state index >= 15 is 0 Å². The first-order valence-corrected chi connectivity index (χ1v) is 4.28. The maximum Gasteiger partial charge on any atom is 0.169 e. The molecule has 0 amide bonds. The molecule has 1 aromatic heterocycles. The zero-order valence-corrected chi connectivity index (χ0v) is 7.73. The van der Waals surface area contributed by atoms with Crippen LogP contribution in [0, 0.1) is 0 Å². The first-order chi connectivity index (χ1) is 4.74. The quantitative estimate of drug-likeness (QED) is 0.751. The summed E-state index contributed by atoms with van der Waals surface area (Å²) in [5.74, 6) is 1.36. The van der Waals surface area contributed by atoms with E-state index in [4.69, 9.17) is 10.2 Å². The first-order valence-electron chi connectivity index (χ1n) is 2.85. The highest BCUT2D eigenvalue weighted by Gasteiger charge is 2.06. The van der Waals surface area contributed by atoms with E-state index < -0.39 is 0 Å². The van der Waals surface area contributed by atoms with E-state index in [1.807, 2.05) is 12.1 Å². The number of thiol groups is 1. The Balaban J connectivity index is 2.74. The number of hydrogen-bond donors (Lipinski definition) is 2. The molecule has 4 heteroatoms. The molecular weight excluding hydrogens is 214 g/mol. The largest absolute Gasteiger partial charge is 0.453 e. The maximum absolute atomic E-state index is 5.62. The van der Waals surface area contributed by atoms with E-state index in [2.05, 4.69) is 28.6 Å². The van der Waals surface area contributed by atoms with Crippen LogP contribution in [0.4, 0.5) is 0 Å². The van der Waals surface area contributed by atoms with E-state index in [0.717, 1.165) is 5.76 Å². The lowest BCUT2D eigenvalue weighted by atomic mass is 10.3. The van der Waals surface area contributed by atoms with Gasteiger partial charge in [0.15, 0.2) is 4.67 Å². The van der Waals surface area contributed by atoms with Crippen molar-refractivity contribution < 1.29 is 4.42 Å². The molecule has 1 atom stereocenters. The van der Waals surface area contributed by atoms with Gasteiger partial charge in [0.05, 0.1) is 6.04 Å². The SMILES string of the molecule is NC(CS)c1ccc(Br)o1. The molecule has 0 saturated carbocycles. The molecule has 0 radical (unpaired) electrons. The van der Waals surface area contributed by atoms with E-state index in [1.165, 1.54) is 0 Å². The Morgan fingerprint density at radius 3 is 2.80 bits per heavy atom. The van der Waals surface area contributed by atoms with Crippen LogP contribution >= 0.6 is 28.6 Å². The van der Waals surface area contributed by atoms with Crippen LogP contribution in [0.2, 0.25) is 0 Å².